The summed E-state index contributed by atoms with van der Waals surface area (Å²) in [5, 5.41) is 3.09. The molecule has 9 heteroatoms. The monoisotopic (exact) mass is 330 g/mol. The van der Waals surface area contributed by atoms with Crippen molar-refractivity contribution in [3.05, 3.63) is 22.7 Å². The Morgan fingerprint density at radius 2 is 2.05 bits per heavy atom. The lowest BCUT2D eigenvalue weighted by atomic mass is 10.2. The highest BCUT2D eigenvalue weighted by Gasteiger charge is 2.23. The maximum absolute atomic E-state index is 11.4. The Morgan fingerprint density at radius 1 is 1.38 bits per heavy atom. The zero-order chi connectivity index (χ0) is 15.5. The smallest absolute Gasteiger partial charge is 0.166 e. The lowest BCUT2D eigenvalue weighted by Gasteiger charge is -2.28. The molecule has 1 N–H and O–H groups in total. The summed E-state index contributed by atoms with van der Waals surface area (Å²) < 4.78 is 22.9. The van der Waals surface area contributed by atoms with Crippen molar-refractivity contribution in [3.8, 4) is 0 Å². The number of anilines is 1. The summed E-state index contributed by atoms with van der Waals surface area (Å²) in [4.78, 5) is 21.0. The number of carbonyl (C=O) groups excluding carboxylic acids is 1. The Labute approximate surface area is 127 Å². The summed E-state index contributed by atoms with van der Waals surface area (Å²) in [6, 6.07) is 0. The van der Waals surface area contributed by atoms with Gasteiger partial charge >= 0.3 is 0 Å². The number of allylic oxidation sites excluding steroid dienone is 1. The molecule has 0 bridgehead atoms. The van der Waals surface area contributed by atoms with E-state index in [1.54, 1.807) is 18.0 Å². The summed E-state index contributed by atoms with van der Waals surface area (Å²) in [6.07, 6.45) is 3.57. The number of carbonyl (C=O) groups is 1. The molecule has 0 atom stereocenters. The Morgan fingerprint density at radius 3 is 2.62 bits per heavy atom. The van der Waals surface area contributed by atoms with Crippen LogP contribution >= 0.6 is 11.6 Å². The van der Waals surface area contributed by atoms with Gasteiger partial charge in [-0.25, -0.2) is 18.4 Å². The average Bonchev–Trinajstić information content (AvgIpc) is 2.46. The molecule has 1 fully saturated rings. The first-order valence-corrected chi connectivity index (χ1v) is 8.47. The minimum absolute atomic E-state index is 0.0378. The van der Waals surface area contributed by atoms with Gasteiger partial charge in [0.25, 0.3) is 0 Å². The lowest BCUT2D eigenvalue weighted by molar-refractivity contribution is -0.106. The highest BCUT2D eigenvalue weighted by atomic mass is 35.5. The number of sulfone groups is 1. The van der Waals surface area contributed by atoms with E-state index in [0.717, 1.165) is 0 Å². The van der Waals surface area contributed by atoms with Gasteiger partial charge in [0.05, 0.1) is 22.8 Å². The minimum Gasteiger partial charge on any atom is -0.373 e. The molecule has 2 heterocycles. The van der Waals surface area contributed by atoms with E-state index in [-0.39, 0.29) is 29.7 Å². The van der Waals surface area contributed by atoms with Crippen molar-refractivity contribution >= 4 is 39.6 Å². The third-order valence-corrected chi connectivity index (χ3v) is 5.10. The molecule has 114 valence electrons. The molecule has 0 radical (unpaired) electrons. The number of aromatic nitrogens is 2. The van der Waals surface area contributed by atoms with Gasteiger partial charge in [-0.3, -0.25) is 4.79 Å². The fraction of sp³-hybridized carbons (Fsp3) is 0.417. The van der Waals surface area contributed by atoms with Crippen LogP contribution in [0.5, 0.6) is 0 Å². The number of aldehydes is 1. The van der Waals surface area contributed by atoms with E-state index in [9.17, 15) is 13.2 Å². The van der Waals surface area contributed by atoms with Crippen molar-refractivity contribution in [1.82, 2.24) is 14.9 Å². The second-order valence-electron chi connectivity index (χ2n) is 4.50. The van der Waals surface area contributed by atoms with E-state index in [2.05, 4.69) is 15.3 Å². The number of hydrogen-bond donors (Lipinski definition) is 1. The molecule has 0 amide bonds. The molecule has 7 nitrogen and oxygen atoms in total. The Bertz CT molecular complexity index is 661. The zero-order valence-electron chi connectivity index (χ0n) is 11.4. The van der Waals surface area contributed by atoms with Gasteiger partial charge in [-0.15, -0.1) is 0 Å². The van der Waals surface area contributed by atoms with Gasteiger partial charge in [0, 0.05) is 20.1 Å². The Balaban J connectivity index is 2.32. The first-order valence-electron chi connectivity index (χ1n) is 6.27. The van der Waals surface area contributed by atoms with Crippen LogP contribution in [0, 0.1) is 0 Å². The minimum atomic E-state index is -3.00. The average molecular weight is 331 g/mol. The maximum Gasteiger partial charge on any atom is 0.166 e. The fourth-order valence-corrected chi connectivity index (χ4v) is 3.41. The molecule has 1 saturated heterocycles. The van der Waals surface area contributed by atoms with Crippen molar-refractivity contribution in [2.45, 2.75) is 0 Å². The third kappa shape index (κ3) is 3.70. The molecule has 0 saturated carbocycles. The summed E-state index contributed by atoms with van der Waals surface area (Å²) in [5.41, 5.74) is 0.857. The van der Waals surface area contributed by atoms with Crippen LogP contribution in [0.25, 0.3) is 6.08 Å². The van der Waals surface area contributed by atoms with E-state index in [0.29, 0.717) is 23.4 Å². The van der Waals surface area contributed by atoms with E-state index >= 15 is 0 Å². The van der Waals surface area contributed by atoms with Gasteiger partial charge in [0.2, 0.25) is 0 Å². The van der Waals surface area contributed by atoms with Gasteiger partial charge in [-0.2, -0.15) is 0 Å². The van der Waals surface area contributed by atoms with Crippen molar-refractivity contribution in [2.75, 3.05) is 37.0 Å². The molecule has 0 unspecified atom stereocenters. The van der Waals surface area contributed by atoms with Crippen LogP contribution in [0.2, 0.25) is 5.15 Å². The van der Waals surface area contributed by atoms with Crippen molar-refractivity contribution < 1.29 is 13.2 Å². The van der Waals surface area contributed by atoms with Gasteiger partial charge in [-0.05, 0) is 6.08 Å². The highest BCUT2D eigenvalue weighted by molar-refractivity contribution is 7.91. The van der Waals surface area contributed by atoms with E-state index in [1.807, 2.05) is 0 Å². The highest BCUT2D eigenvalue weighted by Crippen LogP contribution is 2.23. The van der Waals surface area contributed by atoms with Crippen LogP contribution in [0.1, 0.15) is 5.56 Å². The van der Waals surface area contributed by atoms with Gasteiger partial charge in [0.15, 0.2) is 16.1 Å². The Hall–Kier alpha value is -1.67. The summed E-state index contributed by atoms with van der Waals surface area (Å²) in [7, 11) is -1.31. The predicted molar refractivity (Wildman–Crippen MR) is 80.9 cm³/mol. The number of hydrogen-bond acceptors (Lipinski definition) is 7. The van der Waals surface area contributed by atoms with E-state index in [1.165, 1.54) is 6.33 Å². The fourth-order valence-electron chi connectivity index (χ4n) is 2.02. The van der Waals surface area contributed by atoms with Crippen molar-refractivity contribution in [2.24, 2.45) is 0 Å². The second-order valence-corrected chi connectivity index (χ2v) is 7.16. The molecule has 21 heavy (non-hydrogen) atoms. The quantitative estimate of drug-likeness (QED) is 0.486. The lowest BCUT2D eigenvalue weighted by Crippen LogP contribution is -2.39. The summed E-state index contributed by atoms with van der Waals surface area (Å²) in [5.74, 6) is 0.575. The maximum atomic E-state index is 11.4. The van der Waals surface area contributed by atoms with Crippen LogP contribution in [0.3, 0.4) is 0 Å². The molecule has 2 rings (SSSR count). The second kappa shape index (κ2) is 6.40. The number of nitrogens with zero attached hydrogens (tertiary/aromatic N) is 3. The van der Waals surface area contributed by atoms with Crippen LogP contribution in [0.15, 0.2) is 12.0 Å². The molecule has 1 aromatic rings. The number of halogens is 1. The van der Waals surface area contributed by atoms with Crippen LogP contribution < -0.4 is 5.32 Å². The number of rotatable bonds is 4. The normalized spacial score (nSPS) is 18.4. The zero-order valence-corrected chi connectivity index (χ0v) is 13.0. The number of nitrogens with one attached hydrogen (secondary N) is 1. The first-order chi connectivity index (χ1) is 9.96. The third-order valence-electron chi connectivity index (χ3n) is 3.19. The van der Waals surface area contributed by atoms with Crippen LogP contribution in [-0.4, -0.2) is 61.2 Å². The molecular weight excluding hydrogens is 316 g/mol. The first kappa shape index (κ1) is 15.7. The van der Waals surface area contributed by atoms with Crippen LogP contribution in [-0.2, 0) is 14.6 Å². The molecule has 1 aliphatic rings. The van der Waals surface area contributed by atoms with E-state index < -0.39 is 9.84 Å². The summed E-state index contributed by atoms with van der Waals surface area (Å²) >= 11 is 6.03. The largest absolute Gasteiger partial charge is 0.373 e. The topological polar surface area (TPSA) is 92.3 Å². The molecule has 0 spiro atoms. The molecule has 0 aliphatic carbocycles. The SMILES string of the molecule is CNc1ncnc(Cl)c1/C=C(\C=O)N1CCS(=O)(=O)CC1. The summed E-state index contributed by atoms with van der Waals surface area (Å²) in [6.45, 7) is 0.570. The molecule has 1 aromatic heterocycles. The van der Waals surface area contributed by atoms with Gasteiger partial charge in [-0.1, -0.05) is 11.6 Å². The van der Waals surface area contributed by atoms with Crippen LogP contribution in [0.4, 0.5) is 5.82 Å². The standard InChI is InChI=1S/C12H15ClN4O3S/c1-14-12-10(11(13)15-8-16-12)6-9(7-18)17-2-4-21(19,20)5-3-17/h6-8H,2-5H2,1H3,(H,14,15,16)/b9-6+. The molecule has 0 aromatic carbocycles. The van der Waals surface area contributed by atoms with Gasteiger partial charge in [0.1, 0.15) is 17.3 Å². The van der Waals surface area contributed by atoms with E-state index in [4.69, 9.17) is 11.6 Å². The Kier molecular flexibility index (Phi) is 4.79. The molecular formula is C12H15ClN4O3S. The predicted octanol–water partition coefficient (Wildman–Crippen LogP) is 0.442. The van der Waals surface area contributed by atoms with Gasteiger partial charge < -0.3 is 10.2 Å². The van der Waals surface area contributed by atoms with Crippen molar-refractivity contribution in [3.63, 3.8) is 0 Å². The molecule has 1 aliphatic heterocycles. The van der Waals surface area contributed by atoms with Crippen molar-refractivity contribution in [1.29, 1.82) is 0 Å².